The van der Waals surface area contributed by atoms with E-state index in [0.29, 0.717) is 5.92 Å². The monoisotopic (exact) mass is 335 g/mol. The molecule has 1 aliphatic carbocycles. The topological polar surface area (TPSA) is 58.3 Å². The van der Waals surface area contributed by atoms with Crippen molar-refractivity contribution in [3.63, 3.8) is 0 Å². The molecule has 3 aromatic rings. The Hall–Kier alpha value is -2.47. The molecular formula is C19H21N5O. The van der Waals surface area contributed by atoms with E-state index in [-0.39, 0.29) is 0 Å². The first kappa shape index (κ1) is 14.8. The third-order valence-corrected chi connectivity index (χ3v) is 5.14. The van der Waals surface area contributed by atoms with Gasteiger partial charge in [0, 0.05) is 49.1 Å². The van der Waals surface area contributed by atoms with Crippen LogP contribution < -0.4 is 4.90 Å². The van der Waals surface area contributed by atoms with Crippen LogP contribution in [0.4, 0.5) is 5.69 Å². The number of aromatic nitrogens is 3. The summed E-state index contributed by atoms with van der Waals surface area (Å²) in [7, 11) is 0. The number of benzene rings is 1. The van der Waals surface area contributed by atoms with Crippen molar-refractivity contribution in [2.45, 2.75) is 25.3 Å². The first-order valence-corrected chi connectivity index (χ1v) is 8.99. The van der Waals surface area contributed by atoms with Gasteiger partial charge in [-0.1, -0.05) is 29.4 Å². The Labute approximate surface area is 146 Å². The summed E-state index contributed by atoms with van der Waals surface area (Å²) in [6.07, 6.45) is 6.31. The van der Waals surface area contributed by atoms with E-state index in [0.717, 1.165) is 44.4 Å². The van der Waals surface area contributed by atoms with Gasteiger partial charge in [-0.2, -0.15) is 4.98 Å². The average molecular weight is 335 g/mol. The third kappa shape index (κ3) is 2.98. The number of nitrogens with zero attached hydrogens (tertiary/aromatic N) is 5. The van der Waals surface area contributed by atoms with Crippen LogP contribution in [0.2, 0.25) is 0 Å². The van der Waals surface area contributed by atoms with E-state index in [4.69, 9.17) is 4.52 Å². The number of fused-ring (bicyclic) bond motifs is 1. The summed E-state index contributed by atoms with van der Waals surface area (Å²) >= 11 is 0. The molecule has 1 aliphatic heterocycles. The zero-order valence-electron chi connectivity index (χ0n) is 14.1. The Morgan fingerprint density at radius 2 is 1.88 bits per heavy atom. The van der Waals surface area contributed by atoms with Crippen LogP contribution in [0.5, 0.6) is 0 Å². The van der Waals surface area contributed by atoms with E-state index < -0.39 is 0 Å². The number of hydrogen-bond donors (Lipinski definition) is 0. The molecule has 128 valence electrons. The Balaban J connectivity index is 1.26. The van der Waals surface area contributed by atoms with Crippen LogP contribution in [0.3, 0.4) is 0 Å². The molecule has 0 amide bonds. The normalized spacial score (nSPS) is 18.8. The summed E-state index contributed by atoms with van der Waals surface area (Å²) in [4.78, 5) is 13.8. The lowest BCUT2D eigenvalue weighted by molar-refractivity contribution is 0.240. The molecule has 0 radical (unpaired) electrons. The largest absolute Gasteiger partial charge is 0.367 e. The molecule has 0 N–H and O–H groups in total. The van der Waals surface area contributed by atoms with Crippen LogP contribution >= 0.6 is 0 Å². The second-order valence-electron chi connectivity index (χ2n) is 6.97. The van der Waals surface area contributed by atoms with E-state index >= 15 is 0 Å². The van der Waals surface area contributed by atoms with Crippen molar-refractivity contribution in [1.29, 1.82) is 0 Å². The molecule has 1 saturated carbocycles. The molecule has 6 heteroatoms. The maximum Gasteiger partial charge on any atom is 0.229 e. The quantitative estimate of drug-likeness (QED) is 0.731. The molecule has 2 fully saturated rings. The van der Waals surface area contributed by atoms with Gasteiger partial charge in [-0.3, -0.25) is 9.88 Å². The highest BCUT2D eigenvalue weighted by molar-refractivity contribution is 5.93. The van der Waals surface area contributed by atoms with Gasteiger partial charge >= 0.3 is 0 Å². The van der Waals surface area contributed by atoms with Gasteiger partial charge in [-0.25, -0.2) is 0 Å². The fourth-order valence-electron chi connectivity index (χ4n) is 3.53. The zero-order valence-corrected chi connectivity index (χ0v) is 14.1. The third-order valence-electron chi connectivity index (χ3n) is 5.14. The van der Waals surface area contributed by atoms with Crippen molar-refractivity contribution in [2.24, 2.45) is 0 Å². The van der Waals surface area contributed by atoms with Gasteiger partial charge in [0.2, 0.25) is 5.89 Å². The molecule has 1 aromatic carbocycles. The number of anilines is 1. The minimum Gasteiger partial charge on any atom is -0.367 e. The molecule has 1 saturated heterocycles. The van der Waals surface area contributed by atoms with Gasteiger partial charge in [0.05, 0.1) is 18.4 Å². The molecule has 0 bridgehead atoms. The van der Waals surface area contributed by atoms with E-state index in [1.54, 1.807) is 0 Å². The summed E-state index contributed by atoms with van der Waals surface area (Å²) in [5.74, 6) is 2.18. The minimum atomic E-state index is 0.525. The minimum absolute atomic E-state index is 0.525. The summed E-state index contributed by atoms with van der Waals surface area (Å²) in [5.41, 5.74) is 1.23. The molecule has 0 spiro atoms. The van der Waals surface area contributed by atoms with Crippen molar-refractivity contribution in [2.75, 3.05) is 31.1 Å². The SMILES string of the molecule is c1ccc2c(N3CCN(Cc4noc(C5CC5)n4)CC3)cncc2c1. The number of pyridine rings is 1. The van der Waals surface area contributed by atoms with Crippen LogP contribution in [0.25, 0.3) is 10.8 Å². The first-order valence-electron chi connectivity index (χ1n) is 8.99. The number of piperazine rings is 1. The van der Waals surface area contributed by atoms with Crippen LogP contribution in [-0.2, 0) is 6.54 Å². The molecule has 2 aromatic heterocycles. The molecule has 0 atom stereocenters. The Kier molecular flexibility index (Phi) is 3.63. The molecule has 0 unspecified atom stereocenters. The molecule has 2 aliphatic rings. The predicted octanol–water partition coefficient (Wildman–Crippen LogP) is 2.82. The zero-order chi connectivity index (χ0) is 16.6. The van der Waals surface area contributed by atoms with E-state index in [1.807, 2.05) is 12.4 Å². The highest BCUT2D eigenvalue weighted by Gasteiger charge is 2.30. The first-order chi connectivity index (χ1) is 12.4. The van der Waals surface area contributed by atoms with Crippen LogP contribution in [0.1, 0.15) is 30.5 Å². The van der Waals surface area contributed by atoms with Gasteiger partial charge in [-0.05, 0) is 12.8 Å². The van der Waals surface area contributed by atoms with Gasteiger partial charge in [0.25, 0.3) is 0 Å². The summed E-state index contributed by atoms with van der Waals surface area (Å²) < 4.78 is 5.36. The van der Waals surface area contributed by atoms with Crippen molar-refractivity contribution in [1.82, 2.24) is 20.0 Å². The van der Waals surface area contributed by atoms with Gasteiger partial charge in [0.15, 0.2) is 5.82 Å². The molecule has 3 heterocycles. The smallest absolute Gasteiger partial charge is 0.229 e. The van der Waals surface area contributed by atoms with Crippen molar-refractivity contribution >= 4 is 16.5 Å². The molecule has 25 heavy (non-hydrogen) atoms. The van der Waals surface area contributed by atoms with E-state index in [9.17, 15) is 0 Å². The highest BCUT2D eigenvalue weighted by Crippen LogP contribution is 2.38. The van der Waals surface area contributed by atoms with E-state index in [2.05, 4.69) is 49.2 Å². The molecular weight excluding hydrogens is 314 g/mol. The van der Waals surface area contributed by atoms with Crippen LogP contribution in [0, 0.1) is 0 Å². The fraction of sp³-hybridized carbons (Fsp3) is 0.421. The van der Waals surface area contributed by atoms with Crippen LogP contribution in [0.15, 0.2) is 41.2 Å². The van der Waals surface area contributed by atoms with Gasteiger partial charge in [-0.15, -0.1) is 0 Å². The summed E-state index contributed by atoms with van der Waals surface area (Å²) in [6.45, 7) is 4.75. The molecule has 5 rings (SSSR count). The molecule has 6 nitrogen and oxygen atoms in total. The van der Waals surface area contributed by atoms with Crippen LogP contribution in [-0.4, -0.2) is 46.2 Å². The maximum atomic E-state index is 5.36. The lowest BCUT2D eigenvalue weighted by Gasteiger charge is -2.35. The highest BCUT2D eigenvalue weighted by atomic mass is 16.5. The Morgan fingerprint density at radius 3 is 2.72 bits per heavy atom. The average Bonchev–Trinajstić information content (AvgIpc) is 3.42. The summed E-state index contributed by atoms with van der Waals surface area (Å²) in [5, 5.41) is 6.61. The van der Waals surface area contributed by atoms with Crippen molar-refractivity contribution in [3.05, 3.63) is 48.4 Å². The summed E-state index contributed by atoms with van der Waals surface area (Å²) in [6, 6.07) is 8.45. The van der Waals surface area contributed by atoms with Gasteiger partial charge < -0.3 is 9.42 Å². The Bertz CT molecular complexity index is 875. The van der Waals surface area contributed by atoms with Crippen molar-refractivity contribution in [3.8, 4) is 0 Å². The second-order valence-corrected chi connectivity index (χ2v) is 6.97. The second kappa shape index (κ2) is 6.11. The fourth-order valence-corrected chi connectivity index (χ4v) is 3.53. The maximum absolute atomic E-state index is 5.36. The lowest BCUT2D eigenvalue weighted by atomic mass is 10.1. The number of hydrogen-bond acceptors (Lipinski definition) is 6. The Morgan fingerprint density at radius 1 is 1.04 bits per heavy atom. The van der Waals surface area contributed by atoms with E-state index in [1.165, 1.54) is 29.3 Å². The standard InChI is InChI=1S/C19H21N5O/c1-2-4-16-15(3-1)11-20-12-17(16)24-9-7-23(8-10-24)13-18-21-19(25-22-18)14-5-6-14/h1-4,11-12,14H,5-10,13H2. The lowest BCUT2D eigenvalue weighted by Crippen LogP contribution is -2.46. The predicted molar refractivity (Wildman–Crippen MR) is 95.5 cm³/mol. The van der Waals surface area contributed by atoms with Crippen molar-refractivity contribution < 1.29 is 4.52 Å². The van der Waals surface area contributed by atoms with Gasteiger partial charge in [0.1, 0.15) is 0 Å². The number of rotatable bonds is 4.